The van der Waals surface area contributed by atoms with Gasteiger partial charge in [-0.25, -0.2) is 8.78 Å². The van der Waals surface area contributed by atoms with Crippen LogP contribution in [-0.2, 0) is 15.8 Å². The molecule has 0 aliphatic carbocycles. The van der Waals surface area contributed by atoms with E-state index in [9.17, 15) is 18.1 Å². The molecule has 0 bridgehead atoms. The van der Waals surface area contributed by atoms with Crippen molar-refractivity contribution in [2.45, 2.75) is 12.1 Å². The Balaban J connectivity index is 3.06. The van der Waals surface area contributed by atoms with Gasteiger partial charge < -0.3 is 14.9 Å². The van der Waals surface area contributed by atoms with Crippen molar-refractivity contribution in [1.82, 2.24) is 0 Å². The summed E-state index contributed by atoms with van der Waals surface area (Å²) in [4.78, 5) is 28.2. The minimum Gasteiger partial charge on any atom is -0.481 e. The van der Waals surface area contributed by atoms with Crippen molar-refractivity contribution in [2.75, 3.05) is 0 Å². The van der Waals surface area contributed by atoms with E-state index in [4.69, 9.17) is 14.9 Å². The second-order valence-electron chi connectivity index (χ2n) is 3.38. The van der Waals surface area contributed by atoms with Crippen LogP contribution in [0.1, 0.15) is 5.56 Å². The maximum atomic E-state index is 13.2. The molecule has 1 unspecified atom stereocenters. The lowest BCUT2D eigenvalue weighted by Crippen LogP contribution is -2.23. The van der Waals surface area contributed by atoms with Crippen LogP contribution in [0.3, 0.4) is 0 Å². The van der Waals surface area contributed by atoms with E-state index in [1.54, 1.807) is 0 Å². The molecule has 0 saturated heterocycles. The second-order valence-corrected chi connectivity index (χ2v) is 5.18. The molecule has 17 heavy (non-hydrogen) atoms. The Labute approximate surface area is 94.9 Å². The SMILES string of the molecule is O=C(O)C(Cc1cc(F)ccc1F)P(=O)(O)O. The number of halogens is 2. The molecule has 0 aliphatic rings. The quantitative estimate of drug-likeness (QED) is 0.710. The van der Waals surface area contributed by atoms with Gasteiger partial charge in [-0.3, -0.25) is 9.36 Å². The Morgan fingerprint density at radius 2 is 1.94 bits per heavy atom. The van der Waals surface area contributed by atoms with Crippen molar-refractivity contribution in [3.05, 3.63) is 35.4 Å². The molecule has 0 spiro atoms. The molecule has 8 heteroatoms. The number of rotatable bonds is 4. The third kappa shape index (κ3) is 3.59. The van der Waals surface area contributed by atoms with Gasteiger partial charge in [-0.2, -0.15) is 0 Å². The molecule has 1 aromatic carbocycles. The van der Waals surface area contributed by atoms with E-state index in [-0.39, 0.29) is 5.56 Å². The van der Waals surface area contributed by atoms with E-state index < -0.39 is 37.3 Å². The van der Waals surface area contributed by atoms with E-state index in [0.29, 0.717) is 6.07 Å². The first kappa shape index (κ1) is 13.8. The predicted molar refractivity (Wildman–Crippen MR) is 53.5 cm³/mol. The molecule has 5 nitrogen and oxygen atoms in total. The van der Waals surface area contributed by atoms with Gasteiger partial charge >= 0.3 is 13.6 Å². The van der Waals surface area contributed by atoms with E-state index in [0.717, 1.165) is 12.1 Å². The van der Waals surface area contributed by atoms with Crippen LogP contribution < -0.4 is 0 Å². The van der Waals surface area contributed by atoms with Gasteiger partial charge in [-0.15, -0.1) is 0 Å². The van der Waals surface area contributed by atoms with Crippen LogP contribution in [0.5, 0.6) is 0 Å². The van der Waals surface area contributed by atoms with Crippen LogP contribution in [0, 0.1) is 11.6 Å². The number of carbonyl (C=O) groups is 1. The fourth-order valence-electron chi connectivity index (χ4n) is 1.26. The average molecular weight is 266 g/mol. The summed E-state index contributed by atoms with van der Waals surface area (Å²) in [5.41, 5.74) is -2.47. The zero-order valence-corrected chi connectivity index (χ0v) is 9.27. The molecule has 0 aliphatic heterocycles. The van der Waals surface area contributed by atoms with Crippen molar-refractivity contribution >= 4 is 13.6 Å². The first-order chi connectivity index (χ1) is 7.71. The molecule has 0 saturated carbocycles. The fourth-order valence-corrected chi connectivity index (χ4v) is 1.98. The Morgan fingerprint density at radius 3 is 2.41 bits per heavy atom. The summed E-state index contributed by atoms with van der Waals surface area (Å²) in [6.07, 6.45) is -0.775. The second kappa shape index (κ2) is 4.91. The zero-order valence-electron chi connectivity index (χ0n) is 8.38. The molecule has 0 fully saturated rings. The van der Waals surface area contributed by atoms with Crippen LogP contribution >= 0.6 is 7.60 Å². The van der Waals surface area contributed by atoms with Gasteiger partial charge in [0.1, 0.15) is 11.6 Å². The van der Waals surface area contributed by atoms with Gasteiger partial charge in [0.15, 0.2) is 5.66 Å². The maximum absolute atomic E-state index is 13.2. The van der Waals surface area contributed by atoms with Gasteiger partial charge in [0.2, 0.25) is 0 Å². The van der Waals surface area contributed by atoms with Crippen LogP contribution in [0.25, 0.3) is 0 Å². The monoisotopic (exact) mass is 266 g/mol. The van der Waals surface area contributed by atoms with E-state index in [1.807, 2.05) is 0 Å². The molecular formula is C9H9F2O5P. The Kier molecular flexibility index (Phi) is 3.98. The molecule has 0 aromatic heterocycles. The number of benzene rings is 1. The van der Waals surface area contributed by atoms with E-state index in [2.05, 4.69) is 0 Å². The third-order valence-corrected chi connectivity index (χ3v) is 3.33. The number of hydrogen-bond acceptors (Lipinski definition) is 2. The number of carboxylic acid groups (broad SMARTS) is 1. The maximum Gasteiger partial charge on any atom is 0.340 e. The van der Waals surface area contributed by atoms with Gasteiger partial charge in [0.25, 0.3) is 0 Å². The normalized spacial score (nSPS) is 13.4. The first-order valence-electron chi connectivity index (χ1n) is 4.43. The third-order valence-electron chi connectivity index (χ3n) is 2.11. The highest BCUT2D eigenvalue weighted by atomic mass is 31.2. The topological polar surface area (TPSA) is 94.8 Å². The summed E-state index contributed by atoms with van der Waals surface area (Å²) >= 11 is 0. The van der Waals surface area contributed by atoms with Crippen molar-refractivity contribution in [3.8, 4) is 0 Å². The van der Waals surface area contributed by atoms with Gasteiger partial charge in [0.05, 0.1) is 0 Å². The van der Waals surface area contributed by atoms with Gasteiger partial charge in [-0.1, -0.05) is 0 Å². The number of hydrogen-bond donors (Lipinski definition) is 3. The molecule has 1 aromatic rings. The molecule has 0 radical (unpaired) electrons. The summed E-state index contributed by atoms with van der Waals surface area (Å²) in [7, 11) is -4.92. The molecule has 1 atom stereocenters. The molecule has 0 amide bonds. The lowest BCUT2D eigenvalue weighted by atomic mass is 10.1. The van der Waals surface area contributed by atoms with Crippen molar-refractivity contribution in [1.29, 1.82) is 0 Å². The van der Waals surface area contributed by atoms with Gasteiger partial charge in [-0.05, 0) is 23.8 Å². The highest BCUT2D eigenvalue weighted by molar-refractivity contribution is 7.53. The highest BCUT2D eigenvalue weighted by Crippen LogP contribution is 2.43. The summed E-state index contributed by atoms with van der Waals surface area (Å²) in [5.74, 6) is -3.48. The molecule has 1 rings (SSSR count). The summed E-state index contributed by atoms with van der Waals surface area (Å²) in [6, 6.07) is 2.30. The smallest absolute Gasteiger partial charge is 0.340 e. The van der Waals surface area contributed by atoms with Crippen molar-refractivity contribution in [3.63, 3.8) is 0 Å². The minimum atomic E-state index is -4.92. The van der Waals surface area contributed by atoms with Crippen LogP contribution in [0.2, 0.25) is 0 Å². The van der Waals surface area contributed by atoms with Crippen molar-refractivity contribution in [2.24, 2.45) is 0 Å². The van der Waals surface area contributed by atoms with Crippen LogP contribution in [-0.4, -0.2) is 26.5 Å². The molecular weight excluding hydrogens is 257 g/mol. The Morgan fingerprint density at radius 1 is 1.35 bits per heavy atom. The predicted octanol–water partition coefficient (Wildman–Crippen LogP) is 1.14. The Bertz CT molecular complexity index is 484. The molecule has 94 valence electrons. The average Bonchev–Trinajstić information content (AvgIpc) is 2.17. The van der Waals surface area contributed by atoms with Crippen LogP contribution in [0.15, 0.2) is 18.2 Å². The fraction of sp³-hybridized carbons (Fsp3) is 0.222. The first-order valence-corrected chi connectivity index (χ1v) is 6.12. The number of aliphatic carboxylic acids is 1. The summed E-state index contributed by atoms with van der Waals surface area (Å²) in [6.45, 7) is 0. The van der Waals surface area contributed by atoms with E-state index >= 15 is 0 Å². The molecule has 0 heterocycles. The van der Waals surface area contributed by atoms with Crippen molar-refractivity contribution < 1.29 is 33.0 Å². The highest BCUT2D eigenvalue weighted by Gasteiger charge is 2.36. The summed E-state index contributed by atoms with van der Waals surface area (Å²) < 4.78 is 36.8. The lowest BCUT2D eigenvalue weighted by Gasteiger charge is -2.14. The molecule has 3 N–H and O–H groups in total. The summed E-state index contributed by atoms with van der Waals surface area (Å²) in [5, 5.41) is 8.62. The lowest BCUT2D eigenvalue weighted by molar-refractivity contribution is -0.136. The Hall–Kier alpha value is -1.30. The van der Waals surface area contributed by atoms with Gasteiger partial charge in [0, 0.05) is 6.42 Å². The van der Waals surface area contributed by atoms with Crippen LogP contribution in [0.4, 0.5) is 8.78 Å². The van der Waals surface area contributed by atoms with E-state index in [1.165, 1.54) is 0 Å². The zero-order chi connectivity index (χ0) is 13.2. The minimum absolute atomic E-state index is 0.388. The standard InChI is InChI=1S/C9H9F2O5P/c10-6-1-2-7(11)5(3-6)4-8(9(12)13)17(14,15)16/h1-3,8H,4H2,(H,12,13)(H2,14,15,16). The number of carboxylic acids is 1. The largest absolute Gasteiger partial charge is 0.481 e.